The van der Waals surface area contributed by atoms with Crippen LogP contribution in [0.1, 0.15) is 118 Å². The molecule has 0 radical (unpaired) electrons. The van der Waals surface area contributed by atoms with Crippen LogP contribution in [0.5, 0.6) is 0 Å². The number of hydrogen-bond acceptors (Lipinski definition) is 1. The van der Waals surface area contributed by atoms with E-state index in [1.165, 1.54) is 88.3 Å². The smallest absolute Gasteiger partial charge is 0.0388 e. The summed E-state index contributed by atoms with van der Waals surface area (Å²) in [4.78, 5) is 4.73. The fourth-order valence-corrected chi connectivity index (χ4v) is 2.94. The van der Waals surface area contributed by atoms with E-state index in [0.29, 0.717) is 0 Å². The highest BCUT2D eigenvalue weighted by Gasteiger charge is 1.96. The molecule has 1 heteroatoms. The van der Waals surface area contributed by atoms with Crippen LogP contribution in [0.25, 0.3) is 0 Å². The van der Waals surface area contributed by atoms with Crippen LogP contribution in [0.4, 0.5) is 0 Å². The molecule has 0 aromatic rings. The van der Waals surface area contributed by atoms with Gasteiger partial charge in [0.2, 0.25) is 0 Å². The summed E-state index contributed by atoms with van der Waals surface area (Å²) in [7, 11) is 0. The Morgan fingerprint density at radius 2 is 1.24 bits per heavy atom. The first kappa shape index (κ1) is 24.1. The Bertz CT molecular complexity index is 387. The minimum atomic E-state index is 1.03. The quantitative estimate of drug-likeness (QED) is 0.151. The third kappa shape index (κ3) is 17.8. The highest BCUT2D eigenvalue weighted by molar-refractivity contribution is 5.82. The van der Waals surface area contributed by atoms with Crippen LogP contribution in [0.3, 0.4) is 0 Å². The summed E-state index contributed by atoms with van der Waals surface area (Å²) in [5, 5.41) is 0. The van der Waals surface area contributed by atoms with Gasteiger partial charge in [-0.25, -0.2) is 0 Å². The van der Waals surface area contributed by atoms with Gasteiger partial charge in [0, 0.05) is 12.3 Å². The fourth-order valence-electron chi connectivity index (χ4n) is 2.94. The molecule has 0 saturated carbocycles. The van der Waals surface area contributed by atoms with Gasteiger partial charge in [-0.1, -0.05) is 75.7 Å². The van der Waals surface area contributed by atoms with Crippen molar-refractivity contribution >= 4 is 5.71 Å². The largest absolute Gasteiger partial charge is 0.294 e. The summed E-state index contributed by atoms with van der Waals surface area (Å²) < 4.78 is 0. The Balaban J connectivity index is 3.81. The SMILES string of the molecule is CCCCC/C=C(\C)CC/C=C(\C)CC/C(C)=N/CCCCCCC. The monoisotopic (exact) mass is 347 g/mol. The summed E-state index contributed by atoms with van der Waals surface area (Å²) in [6, 6.07) is 0. The third-order valence-electron chi connectivity index (χ3n) is 4.86. The standard InChI is InChI=1S/C24H45N/c1-6-8-10-12-14-21-25-24(5)20-19-23(4)18-15-17-22(3)16-13-11-9-7-2/h16,18H,6-15,17,19-21H2,1-5H3/b22-16+,23-18+,25-24+. The van der Waals surface area contributed by atoms with Gasteiger partial charge in [0.1, 0.15) is 0 Å². The molecule has 0 rings (SSSR count). The lowest BCUT2D eigenvalue weighted by Gasteiger charge is -2.04. The van der Waals surface area contributed by atoms with Crippen LogP contribution in [0, 0.1) is 0 Å². The van der Waals surface area contributed by atoms with Crippen LogP contribution < -0.4 is 0 Å². The van der Waals surface area contributed by atoms with Crippen molar-refractivity contribution in [3.8, 4) is 0 Å². The van der Waals surface area contributed by atoms with Crippen molar-refractivity contribution in [3.63, 3.8) is 0 Å². The number of hydrogen-bond donors (Lipinski definition) is 0. The van der Waals surface area contributed by atoms with E-state index in [0.717, 1.165) is 13.0 Å². The Kier molecular flexibility index (Phi) is 17.3. The molecule has 25 heavy (non-hydrogen) atoms. The maximum atomic E-state index is 4.73. The second-order valence-electron chi connectivity index (χ2n) is 7.67. The Morgan fingerprint density at radius 3 is 1.96 bits per heavy atom. The first-order chi connectivity index (χ1) is 12.1. The molecular formula is C24H45N. The van der Waals surface area contributed by atoms with Crippen molar-refractivity contribution in [1.29, 1.82) is 0 Å². The molecule has 0 amide bonds. The molecule has 0 aliphatic carbocycles. The minimum absolute atomic E-state index is 1.03. The minimum Gasteiger partial charge on any atom is -0.294 e. The van der Waals surface area contributed by atoms with E-state index in [2.05, 4.69) is 46.8 Å². The molecule has 0 N–H and O–H groups in total. The van der Waals surface area contributed by atoms with Gasteiger partial charge in [-0.05, 0) is 65.7 Å². The highest BCUT2D eigenvalue weighted by Crippen LogP contribution is 2.12. The highest BCUT2D eigenvalue weighted by atomic mass is 14.7. The second kappa shape index (κ2) is 18.0. The molecule has 0 aromatic heterocycles. The molecule has 0 heterocycles. The van der Waals surface area contributed by atoms with E-state index in [1.807, 2.05) is 0 Å². The Labute approximate surface area is 159 Å². The van der Waals surface area contributed by atoms with E-state index >= 15 is 0 Å². The normalized spacial score (nSPS) is 13.6. The number of unbranched alkanes of at least 4 members (excludes halogenated alkanes) is 7. The van der Waals surface area contributed by atoms with E-state index in [4.69, 9.17) is 4.99 Å². The second-order valence-corrected chi connectivity index (χ2v) is 7.67. The van der Waals surface area contributed by atoms with E-state index in [9.17, 15) is 0 Å². The van der Waals surface area contributed by atoms with Gasteiger partial charge in [-0.3, -0.25) is 4.99 Å². The summed E-state index contributed by atoms with van der Waals surface area (Å²) in [6.45, 7) is 12.3. The molecule has 0 fully saturated rings. The van der Waals surface area contributed by atoms with E-state index < -0.39 is 0 Å². The van der Waals surface area contributed by atoms with Gasteiger partial charge in [-0.2, -0.15) is 0 Å². The van der Waals surface area contributed by atoms with E-state index in [1.54, 1.807) is 5.57 Å². The summed E-state index contributed by atoms with van der Waals surface area (Å²) >= 11 is 0. The van der Waals surface area contributed by atoms with Crippen molar-refractivity contribution in [2.75, 3.05) is 6.54 Å². The van der Waals surface area contributed by atoms with Crippen LogP contribution >= 0.6 is 0 Å². The maximum Gasteiger partial charge on any atom is 0.0388 e. The molecule has 0 aliphatic heterocycles. The average molecular weight is 348 g/mol. The number of aliphatic imine (C=N–C) groups is 1. The van der Waals surface area contributed by atoms with Crippen molar-refractivity contribution in [1.82, 2.24) is 0 Å². The average Bonchev–Trinajstić information content (AvgIpc) is 2.60. The van der Waals surface area contributed by atoms with Crippen molar-refractivity contribution in [2.24, 2.45) is 4.99 Å². The predicted molar refractivity (Wildman–Crippen MR) is 117 cm³/mol. The first-order valence-electron chi connectivity index (χ1n) is 10.9. The van der Waals surface area contributed by atoms with Gasteiger partial charge >= 0.3 is 0 Å². The number of nitrogens with zero attached hydrogens (tertiary/aromatic N) is 1. The maximum absolute atomic E-state index is 4.73. The predicted octanol–water partition coefficient (Wildman–Crippen LogP) is 8.45. The number of rotatable bonds is 16. The molecule has 0 atom stereocenters. The Hall–Kier alpha value is -0.850. The van der Waals surface area contributed by atoms with Crippen LogP contribution in [-0.4, -0.2) is 12.3 Å². The lowest BCUT2D eigenvalue weighted by atomic mass is 10.0. The lowest BCUT2D eigenvalue weighted by molar-refractivity contribution is 0.638. The third-order valence-corrected chi connectivity index (χ3v) is 4.86. The molecule has 0 spiro atoms. The molecule has 0 aromatic carbocycles. The zero-order chi connectivity index (χ0) is 18.8. The van der Waals surface area contributed by atoms with Crippen molar-refractivity contribution < 1.29 is 0 Å². The molecule has 0 unspecified atom stereocenters. The molecule has 1 nitrogen and oxygen atoms in total. The summed E-state index contributed by atoms with van der Waals surface area (Å²) in [5.41, 5.74) is 4.41. The molecule has 146 valence electrons. The number of allylic oxidation sites excluding steroid dienone is 4. The molecule has 0 saturated heterocycles. The van der Waals surface area contributed by atoms with Gasteiger partial charge in [0.05, 0.1) is 0 Å². The van der Waals surface area contributed by atoms with Gasteiger partial charge in [0.15, 0.2) is 0 Å². The van der Waals surface area contributed by atoms with Gasteiger partial charge in [0.25, 0.3) is 0 Å². The summed E-state index contributed by atoms with van der Waals surface area (Å²) in [6.07, 6.45) is 21.5. The zero-order valence-electron chi connectivity index (χ0n) is 18.0. The lowest BCUT2D eigenvalue weighted by Crippen LogP contribution is -1.95. The van der Waals surface area contributed by atoms with E-state index in [-0.39, 0.29) is 0 Å². The van der Waals surface area contributed by atoms with Crippen LogP contribution in [0.15, 0.2) is 28.3 Å². The molecule has 0 aliphatic rings. The summed E-state index contributed by atoms with van der Waals surface area (Å²) in [5.74, 6) is 0. The van der Waals surface area contributed by atoms with Gasteiger partial charge in [-0.15, -0.1) is 0 Å². The topological polar surface area (TPSA) is 12.4 Å². The molecular weight excluding hydrogens is 302 g/mol. The van der Waals surface area contributed by atoms with Crippen LogP contribution in [-0.2, 0) is 0 Å². The first-order valence-corrected chi connectivity index (χ1v) is 10.9. The Morgan fingerprint density at radius 1 is 0.640 bits per heavy atom. The van der Waals surface area contributed by atoms with Crippen molar-refractivity contribution in [2.45, 2.75) is 118 Å². The van der Waals surface area contributed by atoms with Crippen molar-refractivity contribution in [3.05, 3.63) is 23.3 Å². The van der Waals surface area contributed by atoms with Gasteiger partial charge < -0.3 is 0 Å². The molecule has 0 bridgehead atoms. The fraction of sp³-hybridized carbons (Fsp3) is 0.792. The van der Waals surface area contributed by atoms with Crippen LogP contribution in [0.2, 0.25) is 0 Å². The zero-order valence-corrected chi connectivity index (χ0v) is 18.0.